The first-order valence-electron chi connectivity index (χ1n) is 11.0. The first-order chi connectivity index (χ1) is 17.2. The number of rotatable bonds is 5. The van der Waals surface area contributed by atoms with Gasteiger partial charge in [-0.15, -0.1) is 0 Å². The van der Waals surface area contributed by atoms with Gasteiger partial charge in [0.05, 0.1) is 40.3 Å². The Labute approximate surface area is 207 Å². The van der Waals surface area contributed by atoms with E-state index in [9.17, 15) is 22.8 Å². The van der Waals surface area contributed by atoms with Crippen LogP contribution in [0, 0.1) is 0 Å². The van der Waals surface area contributed by atoms with E-state index in [2.05, 4.69) is 20.5 Å². The monoisotopic (exact) mass is 517 g/mol. The van der Waals surface area contributed by atoms with Gasteiger partial charge in [-0.05, 0) is 30.7 Å². The normalized spacial score (nSPS) is 13.6. The Hall–Kier alpha value is -3.86. The van der Waals surface area contributed by atoms with Crippen molar-refractivity contribution in [3.05, 3.63) is 81.6 Å². The first-order valence-corrected chi connectivity index (χ1v) is 11.4. The summed E-state index contributed by atoms with van der Waals surface area (Å²) in [6, 6.07) is 7.88. The van der Waals surface area contributed by atoms with E-state index in [1.807, 2.05) is 0 Å². The number of aromatic amines is 1. The maximum absolute atomic E-state index is 13.1. The molecule has 0 radical (unpaired) electrons. The Balaban J connectivity index is 1.22. The molecule has 4 heterocycles. The summed E-state index contributed by atoms with van der Waals surface area (Å²) < 4.78 is 43.7. The van der Waals surface area contributed by atoms with Crippen LogP contribution in [0.2, 0.25) is 5.02 Å². The van der Waals surface area contributed by atoms with Crippen molar-refractivity contribution < 1.29 is 27.2 Å². The highest BCUT2D eigenvalue weighted by Gasteiger charge is 2.32. The van der Waals surface area contributed by atoms with Gasteiger partial charge >= 0.3 is 6.18 Å². The number of halogens is 4. The van der Waals surface area contributed by atoms with E-state index in [1.54, 1.807) is 29.2 Å². The van der Waals surface area contributed by atoms with Crippen molar-refractivity contribution in [1.82, 2.24) is 25.4 Å². The van der Waals surface area contributed by atoms with Crippen molar-refractivity contribution in [2.75, 3.05) is 13.1 Å². The van der Waals surface area contributed by atoms with Crippen LogP contribution in [0.1, 0.15) is 43.4 Å². The second-order valence-electron chi connectivity index (χ2n) is 8.30. The van der Waals surface area contributed by atoms with Crippen LogP contribution < -0.4 is 5.32 Å². The Bertz CT molecular complexity index is 1460. The van der Waals surface area contributed by atoms with Crippen molar-refractivity contribution in [3.63, 3.8) is 0 Å². The molecule has 4 aromatic rings. The topological polar surface area (TPSA) is 104 Å². The Kier molecular flexibility index (Phi) is 6.17. The number of alkyl halides is 3. The minimum absolute atomic E-state index is 0.109. The predicted molar refractivity (Wildman–Crippen MR) is 124 cm³/mol. The smallest absolute Gasteiger partial charge is 0.417 e. The number of nitrogens with one attached hydrogen (secondary N) is 2. The van der Waals surface area contributed by atoms with Gasteiger partial charge < -0.3 is 14.6 Å². The summed E-state index contributed by atoms with van der Waals surface area (Å²) in [5, 5.41) is 10.3. The molecule has 186 valence electrons. The summed E-state index contributed by atoms with van der Waals surface area (Å²) in [5.41, 5.74) is 2.11. The number of fused-ring (bicyclic) bond motifs is 2. The zero-order valence-corrected chi connectivity index (χ0v) is 19.4. The van der Waals surface area contributed by atoms with E-state index in [-0.39, 0.29) is 41.8 Å². The molecule has 0 spiro atoms. The SMILES string of the molecule is O=C(NCCc1ncc(C(F)(F)F)cc1Cl)c1n[nH]c2c1CCN(C(=O)c1cccc3occc13)C2. The van der Waals surface area contributed by atoms with Gasteiger partial charge in [-0.25, -0.2) is 0 Å². The van der Waals surface area contributed by atoms with Crippen molar-refractivity contribution in [2.45, 2.75) is 25.6 Å². The fourth-order valence-electron chi connectivity index (χ4n) is 4.21. The van der Waals surface area contributed by atoms with E-state index in [1.165, 1.54) is 6.26 Å². The van der Waals surface area contributed by atoms with Crippen molar-refractivity contribution in [1.29, 1.82) is 0 Å². The molecule has 0 fully saturated rings. The lowest BCUT2D eigenvalue weighted by atomic mass is 10.0. The molecule has 0 unspecified atom stereocenters. The van der Waals surface area contributed by atoms with Crippen LogP contribution in [0.4, 0.5) is 13.2 Å². The number of carbonyl (C=O) groups is 2. The third-order valence-corrected chi connectivity index (χ3v) is 6.38. The molecule has 2 amide bonds. The van der Waals surface area contributed by atoms with Gasteiger partial charge in [0.15, 0.2) is 5.69 Å². The second kappa shape index (κ2) is 9.30. The van der Waals surface area contributed by atoms with Crippen LogP contribution in [0.25, 0.3) is 11.0 Å². The van der Waals surface area contributed by atoms with E-state index < -0.39 is 17.6 Å². The van der Waals surface area contributed by atoms with E-state index >= 15 is 0 Å². The summed E-state index contributed by atoms with van der Waals surface area (Å²) in [6.07, 6.45) is -1.69. The van der Waals surface area contributed by atoms with Gasteiger partial charge in [0.1, 0.15) is 5.58 Å². The number of H-pyrrole nitrogens is 1. The Morgan fingerprint density at radius 2 is 2.08 bits per heavy atom. The van der Waals surface area contributed by atoms with Gasteiger partial charge in [-0.3, -0.25) is 19.7 Å². The largest absolute Gasteiger partial charge is 0.464 e. The highest BCUT2D eigenvalue weighted by atomic mass is 35.5. The molecule has 2 N–H and O–H groups in total. The molecule has 0 saturated heterocycles. The number of pyridine rings is 1. The molecule has 36 heavy (non-hydrogen) atoms. The molecular formula is C24H19ClF3N5O3. The van der Waals surface area contributed by atoms with E-state index in [0.29, 0.717) is 36.0 Å². The average molecular weight is 518 g/mol. The van der Waals surface area contributed by atoms with Crippen LogP contribution in [-0.4, -0.2) is 45.0 Å². The number of amides is 2. The molecule has 0 aliphatic carbocycles. The van der Waals surface area contributed by atoms with Gasteiger partial charge in [0, 0.05) is 36.7 Å². The fourth-order valence-corrected chi connectivity index (χ4v) is 4.47. The summed E-state index contributed by atoms with van der Waals surface area (Å²) in [7, 11) is 0. The number of aromatic nitrogens is 3. The number of hydrogen-bond donors (Lipinski definition) is 2. The Morgan fingerprint density at radius 1 is 1.25 bits per heavy atom. The number of furan rings is 1. The maximum atomic E-state index is 13.1. The number of carbonyl (C=O) groups excluding carboxylic acids is 2. The minimum atomic E-state index is -4.53. The molecule has 5 rings (SSSR count). The summed E-state index contributed by atoms with van der Waals surface area (Å²) in [5.74, 6) is -0.576. The van der Waals surface area contributed by atoms with Crippen LogP contribution >= 0.6 is 11.6 Å². The van der Waals surface area contributed by atoms with Crippen LogP contribution in [0.3, 0.4) is 0 Å². The molecule has 1 aliphatic heterocycles. The first kappa shape index (κ1) is 23.9. The molecule has 0 bridgehead atoms. The zero-order valence-electron chi connectivity index (χ0n) is 18.7. The third kappa shape index (κ3) is 4.53. The highest BCUT2D eigenvalue weighted by Crippen LogP contribution is 2.31. The van der Waals surface area contributed by atoms with Crippen LogP contribution in [0.15, 0.2) is 47.2 Å². The standard InChI is InChI=1S/C24H19ClF3N5O3/c25-17-10-13(24(26,27)28)11-30-18(17)4-7-29-22(34)21-16-5-8-33(12-19(16)31-32-21)23(35)15-2-1-3-20-14(15)6-9-36-20/h1-3,6,9-11H,4-5,7-8,12H2,(H,29,34)(H,31,32). The van der Waals surface area contributed by atoms with Gasteiger partial charge in [-0.2, -0.15) is 18.3 Å². The molecule has 12 heteroatoms. The minimum Gasteiger partial charge on any atom is -0.464 e. The molecule has 1 aromatic carbocycles. The molecular weight excluding hydrogens is 499 g/mol. The molecule has 3 aromatic heterocycles. The third-order valence-electron chi connectivity index (χ3n) is 6.05. The lowest BCUT2D eigenvalue weighted by Gasteiger charge is -2.27. The lowest BCUT2D eigenvalue weighted by Crippen LogP contribution is -2.36. The van der Waals surface area contributed by atoms with Crippen molar-refractivity contribution in [2.24, 2.45) is 0 Å². The predicted octanol–water partition coefficient (Wildman–Crippen LogP) is 4.39. The maximum Gasteiger partial charge on any atom is 0.417 e. The van der Waals surface area contributed by atoms with Gasteiger partial charge in [-0.1, -0.05) is 17.7 Å². The van der Waals surface area contributed by atoms with Crippen molar-refractivity contribution in [3.8, 4) is 0 Å². The van der Waals surface area contributed by atoms with Crippen molar-refractivity contribution >= 4 is 34.4 Å². The molecule has 1 aliphatic rings. The fraction of sp³-hybridized carbons (Fsp3) is 0.250. The number of benzene rings is 1. The van der Waals surface area contributed by atoms with E-state index in [4.69, 9.17) is 16.0 Å². The molecule has 0 atom stereocenters. The quantitative estimate of drug-likeness (QED) is 0.408. The number of hydrogen-bond acceptors (Lipinski definition) is 5. The summed E-state index contributed by atoms with van der Waals surface area (Å²) in [6.45, 7) is 0.788. The van der Waals surface area contributed by atoms with Gasteiger partial charge in [0.2, 0.25) is 0 Å². The average Bonchev–Trinajstić information content (AvgIpc) is 3.50. The molecule has 8 nitrogen and oxygen atoms in total. The Morgan fingerprint density at radius 3 is 2.86 bits per heavy atom. The van der Waals surface area contributed by atoms with Gasteiger partial charge in [0.25, 0.3) is 11.8 Å². The highest BCUT2D eigenvalue weighted by molar-refractivity contribution is 6.31. The zero-order chi connectivity index (χ0) is 25.4. The van der Waals surface area contributed by atoms with Crippen LogP contribution in [0.5, 0.6) is 0 Å². The van der Waals surface area contributed by atoms with Crippen LogP contribution in [-0.2, 0) is 25.6 Å². The summed E-state index contributed by atoms with van der Waals surface area (Å²) in [4.78, 5) is 31.3. The second-order valence-corrected chi connectivity index (χ2v) is 8.71. The summed E-state index contributed by atoms with van der Waals surface area (Å²) >= 11 is 5.92. The number of nitrogens with zero attached hydrogens (tertiary/aromatic N) is 3. The van der Waals surface area contributed by atoms with E-state index in [0.717, 1.165) is 17.0 Å². The molecule has 0 saturated carbocycles. The lowest BCUT2D eigenvalue weighted by molar-refractivity contribution is -0.137.